The van der Waals surface area contributed by atoms with Gasteiger partial charge in [0.15, 0.2) is 0 Å². The van der Waals surface area contributed by atoms with Gasteiger partial charge in [0.05, 0.1) is 35.3 Å². The molecule has 0 amide bonds. The van der Waals surface area contributed by atoms with Crippen LogP contribution >= 0.6 is 11.3 Å². The second-order valence-corrected chi connectivity index (χ2v) is 10.2. The maximum atomic E-state index is 10.6. The highest BCUT2D eigenvalue weighted by atomic mass is 32.1. The number of rotatable bonds is 7. The fraction of sp³-hybridized carbons (Fsp3) is 0.375. The first kappa shape index (κ1) is 23.3. The van der Waals surface area contributed by atoms with Gasteiger partial charge in [0, 0.05) is 42.3 Å². The van der Waals surface area contributed by atoms with Crippen molar-refractivity contribution in [3.8, 4) is 16.5 Å². The topological polar surface area (TPSA) is 138 Å². The Bertz CT molecular complexity index is 1310. The quantitative estimate of drug-likeness (QED) is 0.302. The lowest BCUT2D eigenvalue weighted by atomic mass is 9.88. The van der Waals surface area contributed by atoms with Crippen molar-refractivity contribution in [2.24, 2.45) is 5.92 Å². The molecule has 0 saturated heterocycles. The monoisotopic (exact) mass is 493 g/mol. The molecule has 4 heterocycles. The summed E-state index contributed by atoms with van der Waals surface area (Å²) in [4.78, 5) is 22.3. The molecule has 0 bridgehead atoms. The van der Waals surface area contributed by atoms with Crippen LogP contribution in [0.25, 0.3) is 20.8 Å². The first-order chi connectivity index (χ1) is 16.8. The van der Waals surface area contributed by atoms with E-state index in [1.54, 1.807) is 57.9 Å². The predicted molar refractivity (Wildman–Crippen MR) is 135 cm³/mol. The summed E-state index contributed by atoms with van der Waals surface area (Å²) in [5, 5.41) is 28.5. The molecule has 182 valence electrons. The maximum absolute atomic E-state index is 10.6. The van der Waals surface area contributed by atoms with Crippen LogP contribution in [0.2, 0.25) is 0 Å². The molecular weight excluding hydrogens is 466 g/mol. The first-order valence-electron chi connectivity index (χ1n) is 11.3. The zero-order valence-electron chi connectivity index (χ0n) is 19.6. The largest absolute Gasteiger partial charge is 0.481 e. The Hall–Kier alpha value is -3.41. The molecule has 4 N–H and O–H groups in total. The lowest BCUT2D eigenvalue weighted by Crippen LogP contribution is -2.35. The van der Waals surface area contributed by atoms with E-state index in [0.29, 0.717) is 30.5 Å². The SMILES string of the molecule is COc1cc(Nc2ncc(-c3nc4cnccc4s3)c(NC3CC(O)C(C(C)(C)O)C3)n2)ccn1. The third-order valence-corrected chi connectivity index (χ3v) is 7.26. The molecule has 1 fully saturated rings. The molecule has 35 heavy (non-hydrogen) atoms. The zero-order valence-corrected chi connectivity index (χ0v) is 20.5. The molecule has 1 aliphatic carbocycles. The fourth-order valence-corrected chi connectivity index (χ4v) is 5.36. The van der Waals surface area contributed by atoms with E-state index in [1.807, 2.05) is 6.07 Å². The van der Waals surface area contributed by atoms with Crippen molar-refractivity contribution in [1.29, 1.82) is 0 Å². The molecule has 0 radical (unpaired) electrons. The number of methoxy groups -OCH3 is 1. The number of ether oxygens (including phenoxy) is 1. The molecule has 4 aromatic heterocycles. The minimum absolute atomic E-state index is 0.0695. The highest BCUT2D eigenvalue weighted by Crippen LogP contribution is 2.38. The van der Waals surface area contributed by atoms with Gasteiger partial charge in [-0.3, -0.25) is 4.98 Å². The third kappa shape index (κ3) is 5.02. The number of thiazole rings is 1. The summed E-state index contributed by atoms with van der Waals surface area (Å²) in [5.74, 6) is 1.24. The molecule has 0 aromatic carbocycles. The van der Waals surface area contributed by atoms with E-state index in [-0.39, 0.29) is 12.0 Å². The smallest absolute Gasteiger partial charge is 0.229 e. The van der Waals surface area contributed by atoms with E-state index in [0.717, 1.165) is 26.5 Å². The second kappa shape index (κ2) is 9.33. The summed E-state index contributed by atoms with van der Waals surface area (Å²) in [5.41, 5.74) is 1.32. The molecule has 3 atom stereocenters. The van der Waals surface area contributed by atoms with Gasteiger partial charge in [0.25, 0.3) is 0 Å². The number of hydrogen-bond donors (Lipinski definition) is 4. The highest BCUT2D eigenvalue weighted by Gasteiger charge is 2.41. The molecule has 0 aliphatic heterocycles. The number of pyridine rings is 2. The van der Waals surface area contributed by atoms with E-state index in [9.17, 15) is 10.2 Å². The van der Waals surface area contributed by atoms with Crippen molar-refractivity contribution < 1.29 is 14.9 Å². The van der Waals surface area contributed by atoms with E-state index >= 15 is 0 Å². The summed E-state index contributed by atoms with van der Waals surface area (Å²) in [6.45, 7) is 3.47. The zero-order chi connectivity index (χ0) is 24.6. The molecule has 0 spiro atoms. The number of hydrogen-bond acceptors (Lipinski definition) is 11. The first-order valence-corrected chi connectivity index (χ1v) is 12.1. The van der Waals surface area contributed by atoms with Crippen molar-refractivity contribution in [3.05, 3.63) is 43.0 Å². The lowest BCUT2D eigenvalue weighted by molar-refractivity contribution is -0.0314. The van der Waals surface area contributed by atoms with Gasteiger partial charge in [0.2, 0.25) is 11.8 Å². The van der Waals surface area contributed by atoms with Gasteiger partial charge < -0.3 is 25.6 Å². The fourth-order valence-electron chi connectivity index (χ4n) is 4.42. The maximum Gasteiger partial charge on any atom is 0.229 e. The average molecular weight is 494 g/mol. The van der Waals surface area contributed by atoms with Crippen molar-refractivity contribution >= 4 is 39.0 Å². The molecular formula is C24H27N7O3S. The molecule has 3 unspecified atom stereocenters. The standard InChI is InChI=1S/C24H27N7O3S/c1-24(2,33)16-8-14(9-18(16)32)28-21-15(22-30-17-12-25-6-5-19(17)35-22)11-27-23(31-21)29-13-4-7-26-20(10-13)34-3/h4-7,10-12,14,16,18,32-33H,8-9H2,1-3H3,(H2,26,27,28,29,31). The number of aromatic nitrogens is 5. The van der Waals surface area contributed by atoms with Gasteiger partial charge in [-0.05, 0) is 38.8 Å². The summed E-state index contributed by atoms with van der Waals surface area (Å²) in [6.07, 6.45) is 7.37. The Kier molecular flexibility index (Phi) is 6.22. The normalized spacial score (nSPS) is 20.2. The van der Waals surface area contributed by atoms with E-state index in [1.165, 1.54) is 11.3 Å². The minimum atomic E-state index is -0.975. The number of aliphatic hydroxyl groups is 2. The number of aliphatic hydroxyl groups excluding tert-OH is 1. The van der Waals surface area contributed by atoms with Crippen LogP contribution in [0.15, 0.2) is 43.0 Å². The van der Waals surface area contributed by atoms with Crippen LogP contribution in [0.1, 0.15) is 26.7 Å². The minimum Gasteiger partial charge on any atom is -0.481 e. The van der Waals surface area contributed by atoms with Gasteiger partial charge in [-0.25, -0.2) is 15.0 Å². The highest BCUT2D eigenvalue weighted by molar-refractivity contribution is 7.21. The second-order valence-electron chi connectivity index (χ2n) is 9.17. The molecule has 10 nitrogen and oxygen atoms in total. The Balaban J connectivity index is 1.49. The van der Waals surface area contributed by atoms with Crippen molar-refractivity contribution in [2.75, 3.05) is 17.7 Å². The molecule has 1 saturated carbocycles. The predicted octanol–water partition coefficient (Wildman–Crippen LogP) is 3.62. The number of fused-ring (bicyclic) bond motifs is 1. The van der Waals surface area contributed by atoms with Crippen LogP contribution < -0.4 is 15.4 Å². The average Bonchev–Trinajstić information content (AvgIpc) is 3.42. The van der Waals surface area contributed by atoms with E-state index in [2.05, 4.69) is 25.6 Å². The van der Waals surface area contributed by atoms with Crippen molar-refractivity contribution in [3.63, 3.8) is 0 Å². The van der Waals surface area contributed by atoms with Gasteiger partial charge in [-0.15, -0.1) is 11.3 Å². The van der Waals surface area contributed by atoms with Gasteiger partial charge >= 0.3 is 0 Å². The van der Waals surface area contributed by atoms with Crippen LogP contribution in [0.4, 0.5) is 17.5 Å². The summed E-state index contributed by atoms with van der Waals surface area (Å²) >= 11 is 1.54. The van der Waals surface area contributed by atoms with E-state index < -0.39 is 11.7 Å². The Morgan fingerprint density at radius 3 is 2.71 bits per heavy atom. The molecule has 4 aromatic rings. The number of nitrogens with zero attached hydrogens (tertiary/aromatic N) is 5. The Morgan fingerprint density at radius 2 is 1.97 bits per heavy atom. The van der Waals surface area contributed by atoms with Crippen LogP contribution in [-0.2, 0) is 0 Å². The van der Waals surface area contributed by atoms with Gasteiger partial charge in [0.1, 0.15) is 16.3 Å². The molecule has 5 rings (SSSR count). The van der Waals surface area contributed by atoms with E-state index in [4.69, 9.17) is 14.7 Å². The van der Waals surface area contributed by atoms with Crippen LogP contribution in [0.3, 0.4) is 0 Å². The Morgan fingerprint density at radius 1 is 1.11 bits per heavy atom. The number of anilines is 3. The molecule has 11 heteroatoms. The summed E-state index contributed by atoms with van der Waals surface area (Å²) < 4.78 is 6.22. The summed E-state index contributed by atoms with van der Waals surface area (Å²) in [6, 6.07) is 5.42. The van der Waals surface area contributed by atoms with Crippen molar-refractivity contribution in [1.82, 2.24) is 24.9 Å². The van der Waals surface area contributed by atoms with Crippen LogP contribution in [0, 0.1) is 5.92 Å². The van der Waals surface area contributed by atoms with Crippen molar-refractivity contribution in [2.45, 2.75) is 44.4 Å². The van der Waals surface area contributed by atoms with Crippen LogP contribution in [-0.4, -0.2) is 60.0 Å². The summed E-state index contributed by atoms with van der Waals surface area (Å²) in [7, 11) is 1.56. The lowest BCUT2D eigenvalue weighted by Gasteiger charge is -2.28. The third-order valence-electron chi connectivity index (χ3n) is 6.19. The van der Waals surface area contributed by atoms with Crippen LogP contribution in [0.5, 0.6) is 5.88 Å². The van der Waals surface area contributed by atoms with Gasteiger partial charge in [-0.2, -0.15) is 4.98 Å². The number of nitrogens with one attached hydrogen (secondary N) is 2. The Labute approximate surface area is 206 Å². The van der Waals surface area contributed by atoms with Gasteiger partial charge in [-0.1, -0.05) is 0 Å². The molecule has 1 aliphatic rings.